The lowest BCUT2D eigenvalue weighted by Crippen LogP contribution is -2.11. The highest BCUT2D eigenvalue weighted by Crippen LogP contribution is 2.01. The zero-order chi connectivity index (χ0) is 10.9. The van der Waals surface area contributed by atoms with E-state index in [0.29, 0.717) is 13.0 Å². The van der Waals surface area contributed by atoms with Gasteiger partial charge in [-0.2, -0.15) is 0 Å². The van der Waals surface area contributed by atoms with Crippen LogP contribution in [0.15, 0.2) is 30.3 Å². The summed E-state index contributed by atoms with van der Waals surface area (Å²) in [6, 6.07) is 9.89. The zero-order valence-electron chi connectivity index (χ0n) is 8.89. The Morgan fingerprint density at radius 1 is 1.33 bits per heavy atom. The Kier molecular flexibility index (Phi) is 5.66. The lowest BCUT2D eigenvalue weighted by Gasteiger charge is -2.10. The van der Waals surface area contributed by atoms with Gasteiger partial charge >= 0.3 is 0 Å². The molecule has 3 heteroatoms. The SMILES string of the molecule is C[C@@H](CC=O)OCOCc1ccccc1. The van der Waals surface area contributed by atoms with Gasteiger partial charge in [0.05, 0.1) is 12.7 Å². The third kappa shape index (κ3) is 5.30. The monoisotopic (exact) mass is 208 g/mol. The van der Waals surface area contributed by atoms with Crippen LogP contribution in [0.3, 0.4) is 0 Å². The van der Waals surface area contributed by atoms with Gasteiger partial charge < -0.3 is 14.3 Å². The predicted octanol–water partition coefficient (Wildman–Crippen LogP) is 2.15. The third-order valence-electron chi connectivity index (χ3n) is 1.98. The molecular weight excluding hydrogens is 192 g/mol. The second kappa shape index (κ2) is 7.15. The highest BCUT2D eigenvalue weighted by molar-refractivity contribution is 5.49. The molecule has 0 fully saturated rings. The summed E-state index contributed by atoms with van der Waals surface area (Å²) >= 11 is 0. The van der Waals surface area contributed by atoms with Crippen LogP contribution in [0.25, 0.3) is 0 Å². The molecule has 82 valence electrons. The molecule has 1 aromatic rings. The number of carbonyl (C=O) groups is 1. The van der Waals surface area contributed by atoms with Crippen molar-refractivity contribution in [2.75, 3.05) is 6.79 Å². The van der Waals surface area contributed by atoms with Crippen molar-refractivity contribution >= 4 is 6.29 Å². The quantitative estimate of drug-likeness (QED) is 0.391. The minimum absolute atomic E-state index is 0.0710. The summed E-state index contributed by atoms with van der Waals surface area (Å²) in [5.74, 6) is 0. The molecule has 0 heterocycles. The third-order valence-corrected chi connectivity index (χ3v) is 1.98. The van der Waals surface area contributed by atoms with E-state index in [9.17, 15) is 4.79 Å². The maximum Gasteiger partial charge on any atom is 0.147 e. The maximum atomic E-state index is 10.1. The van der Waals surface area contributed by atoms with E-state index in [1.165, 1.54) is 0 Å². The molecule has 0 spiro atoms. The first-order valence-corrected chi connectivity index (χ1v) is 5.00. The van der Waals surface area contributed by atoms with Crippen molar-refractivity contribution in [2.45, 2.75) is 26.1 Å². The fourth-order valence-corrected chi connectivity index (χ4v) is 1.10. The van der Waals surface area contributed by atoms with Gasteiger partial charge in [0.25, 0.3) is 0 Å². The Morgan fingerprint density at radius 3 is 2.73 bits per heavy atom. The molecule has 0 aliphatic rings. The molecule has 0 aliphatic carbocycles. The average molecular weight is 208 g/mol. The first kappa shape index (κ1) is 11.9. The van der Waals surface area contributed by atoms with Crippen molar-refractivity contribution < 1.29 is 14.3 Å². The van der Waals surface area contributed by atoms with Crippen LogP contribution < -0.4 is 0 Å². The number of hydrogen-bond acceptors (Lipinski definition) is 3. The van der Waals surface area contributed by atoms with Crippen LogP contribution in [0.2, 0.25) is 0 Å². The standard InChI is InChI=1S/C12H16O3/c1-11(7-8-13)15-10-14-9-12-5-3-2-4-6-12/h2-6,8,11H,7,9-10H2,1H3/t11-/m0/s1. The van der Waals surface area contributed by atoms with Crippen LogP contribution in [0.4, 0.5) is 0 Å². The molecule has 1 atom stereocenters. The van der Waals surface area contributed by atoms with Gasteiger partial charge in [0, 0.05) is 6.42 Å². The summed E-state index contributed by atoms with van der Waals surface area (Å²) < 4.78 is 10.5. The molecule has 0 N–H and O–H groups in total. The summed E-state index contributed by atoms with van der Waals surface area (Å²) in [7, 11) is 0. The summed E-state index contributed by atoms with van der Waals surface area (Å²) in [6.07, 6.45) is 1.19. The van der Waals surface area contributed by atoms with Gasteiger partial charge in [0.2, 0.25) is 0 Å². The Labute approximate surface area is 90.0 Å². The number of carbonyl (C=O) groups excluding carboxylic acids is 1. The average Bonchev–Trinajstić information content (AvgIpc) is 2.26. The fourth-order valence-electron chi connectivity index (χ4n) is 1.10. The summed E-state index contributed by atoms with van der Waals surface area (Å²) in [6.45, 7) is 2.61. The highest BCUT2D eigenvalue weighted by Gasteiger charge is 2.00. The van der Waals surface area contributed by atoms with E-state index in [0.717, 1.165) is 11.8 Å². The molecule has 0 aromatic heterocycles. The Balaban J connectivity index is 2.09. The van der Waals surface area contributed by atoms with Crippen LogP contribution >= 0.6 is 0 Å². The van der Waals surface area contributed by atoms with E-state index in [1.54, 1.807) is 0 Å². The largest absolute Gasteiger partial charge is 0.352 e. The van der Waals surface area contributed by atoms with E-state index >= 15 is 0 Å². The molecule has 1 aromatic carbocycles. The lowest BCUT2D eigenvalue weighted by molar-refractivity contribution is -0.116. The second-order valence-electron chi connectivity index (χ2n) is 3.33. The van der Waals surface area contributed by atoms with Crippen LogP contribution in [-0.4, -0.2) is 19.2 Å². The van der Waals surface area contributed by atoms with Crippen LogP contribution in [0.1, 0.15) is 18.9 Å². The van der Waals surface area contributed by atoms with Gasteiger partial charge in [-0.1, -0.05) is 30.3 Å². The van der Waals surface area contributed by atoms with Gasteiger partial charge in [-0.05, 0) is 12.5 Å². The van der Waals surface area contributed by atoms with Crippen molar-refractivity contribution in [1.29, 1.82) is 0 Å². The molecule has 3 nitrogen and oxygen atoms in total. The van der Waals surface area contributed by atoms with Crippen molar-refractivity contribution in [3.8, 4) is 0 Å². The van der Waals surface area contributed by atoms with Crippen molar-refractivity contribution in [3.63, 3.8) is 0 Å². The van der Waals surface area contributed by atoms with Gasteiger partial charge in [-0.25, -0.2) is 0 Å². The van der Waals surface area contributed by atoms with Crippen LogP contribution in [0, 0.1) is 0 Å². The highest BCUT2D eigenvalue weighted by atomic mass is 16.7. The molecule has 0 saturated heterocycles. The second-order valence-corrected chi connectivity index (χ2v) is 3.33. The Bertz CT molecular complexity index is 271. The van der Waals surface area contributed by atoms with Crippen molar-refractivity contribution in [1.82, 2.24) is 0 Å². The molecule has 0 saturated carbocycles. The Hall–Kier alpha value is -1.19. The zero-order valence-corrected chi connectivity index (χ0v) is 8.89. The van der Waals surface area contributed by atoms with Gasteiger partial charge in [-0.15, -0.1) is 0 Å². The predicted molar refractivity (Wildman–Crippen MR) is 57.3 cm³/mol. The first-order valence-electron chi connectivity index (χ1n) is 5.00. The van der Waals surface area contributed by atoms with E-state index in [2.05, 4.69) is 0 Å². The summed E-state index contributed by atoms with van der Waals surface area (Å²) in [5, 5.41) is 0. The minimum Gasteiger partial charge on any atom is -0.352 e. The van der Waals surface area contributed by atoms with Crippen molar-refractivity contribution in [3.05, 3.63) is 35.9 Å². The summed E-state index contributed by atoms with van der Waals surface area (Å²) in [5.41, 5.74) is 1.11. The van der Waals surface area contributed by atoms with Gasteiger partial charge in [0.1, 0.15) is 13.1 Å². The number of aldehydes is 1. The summed E-state index contributed by atoms with van der Waals surface area (Å²) in [4.78, 5) is 10.1. The topological polar surface area (TPSA) is 35.5 Å². The normalized spacial score (nSPS) is 12.3. The molecule has 15 heavy (non-hydrogen) atoms. The molecule has 0 radical (unpaired) electrons. The molecule has 0 aliphatic heterocycles. The number of hydrogen-bond donors (Lipinski definition) is 0. The van der Waals surface area contributed by atoms with E-state index in [4.69, 9.17) is 9.47 Å². The number of ether oxygens (including phenoxy) is 2. The Morgan fingerprint density at radius 2 is 2.07 bits per heavy atom. The van der Waals surface area contributed by atoms with Crippen molar-refractivity contribution in [2.24, 2.45) is 0 Å². The molecule has 0 unspecified atom stereocenters. The van der Waals surface area contributed by atoms with Crippen LogP contribution in [-0.2, 0) is 20.9 Å². The van der Waals surface area contributed by atoms with Gasteiger partial charge in [-0.3, -0.25) is 0 Å². The van der Waals surface area contributed by atoms with Crippen LogP contribution in [0.5, 0.6) is 0 Å². The number of benzene rings is 1. The molecule has 0 amide bonds. The minimum atomic E-state index is -0.0710. The fraction of sp³-hybridized carbons (Fsp3) is 0.417. The van der Waals surface area contributed by atoms with E-state index in [1.807, 2.05) is 37.3 Å². The molecular formula is C12H16O3. The van der Waals surface area contributed by atoms with Gasteiger partial charge in [0.15, 0.2) is 0 Å². The first-order chi connectivity index (χ1) is 7.33. The molecule has 1 rings (SSSR count). The van der Waals surface area contributed by atoms with E-state index < -0.39 is 0 Å². The van der Waals surface area contributed by atoms with E-state index in [-0.39, 0.29) is 12.9 Å². The smallest absolute Gasteiger partial charge is 0.147 e. The molecule has 0 bridgehead atoms. The lowest BCUT2D eigenvalue weighted by atomic mass is 10.2. The number of rotatable bonds is 7. The maximum absolute atomic E-state index is 10.1.